The molecular formula is C15H17N3O2. The summed E-state index contributed by atoms with van der Waals surface area (Å²) in [4.78, 5) is 23.0. The molecule has 104 valence electrons. The highest BCUT2D eigenvalue weighted by molar-refractivity contribution is 6.04. The van der Waals surface area contributed by atoms with E-state index in [1.165, 1.54) is 0 Å². The largest absolute Gasteiger partial charge is 0.394 e. The Morgan fingerprint density at radius 1 is 1.30 bits per heavy atom. The Hall–Kier alpha value is -2.01. The third kappa shape index (κ3) is 2.25. The van der Waals surface area contributed by atoms with Gasteiger partial charge in [0.25, 0.3) is 5.91 Å². The molecule has 0 bridgehead atoms. The number of hydrogen-bond donors (Lipinski definition) is 1. The van der Waals surface area contributed by atoms with Gasteiger partial charge in [0.15, 0.2) is 0 Å². The third-order valence-corrected chi connectivity index (χ3v) is 3.83. The number of rotatable bonds is 2. The molecule has 1 aliphatic heterocycles. The number of aromatic nitrogens is 2. The van der Waals surface area contributed by atoms with E-state index in [-0.39, 0.29) is 18.6 Å². The van der Waals surface area contributed by atoms with E-state index in [1.807, 2.05) is 12.1 Å². The highest BCUT2D eigenvalue weighted by Crippen LogP contribution is 2.22. The molecule has 20 heavy (non-hydrogen) atoms. The minimum Gasteiger partial charge on any atom is -0.394 e. The molecule has 1 fully saturated rings. The highest BCUT2D eigenvalue weighted by Gasteiger charge is 2.28. The number of aliphatic hydroxyl groups excluding tert-OH is 1. The number of carbonyl (C=O) groups is 1. The molecule has 1 N–H and O–H groups in total. The first-order valence-electron chi connectivity index (χ1n) is 6.93. The number of piperidine rings is 1. The Morgan fingerprint density at radius 3 is 3.00 bits per heavy atom. The normalized spacial score (nSPS) is 19.2. The first-order chi connectivity index (χ1) is 9.81. The Labute approximate surface area is 117 Å². The second kappa shape index (κ2) is 5.54. The standard InChI is InChI=1S/C15H17N3O2/c19-10-11-4-1-2-9-18(11)15(20)12-5-3-6-13-14(12)17-8-7-16-13/h3,5-8,11,19H,1-2,4,9-10H2. The van der Waals surface area contributed by atoms with Gasteiger partial charge in [-0.25, -0.2) is 0 Å². The van der Waals surface area contributed by atoms with E-state index >= 15 is 0 Å². The first-order valence-corrected chi connectivity index (χ1v) is 6.93. The van der Waals surface area contributed by atoms with Crippen LogP contribution in [0.2, 0.25) is 0 Å². The van der Waals surface area contributed by atoms with E-state index in [2.05, 4.69) is 9.97 Å². The quantitative estimate of drug-likeness (QED) is 0.901. The number of aliphatic hydroxyl groups is 1. The Bertz CT molecular complexity index is 624. The van der Waals surface area contributed by atoms with Crippen LogP contribution in [-0.2, 0) is 0 Å². The molecular weight excluding hydrogens is 254 g/mol. The minimum atomic E-state index is -0.0804. The van der Waals surface area contributed by atoms with Crippen molar-refractivity contribution in [1.82, 2.24) is 14.9 Å². The van der Waals surface area contributed by atoms with Gasteiger partial charge in [0.2, 0.25) is 0 Å². The predicted molar refractivity (Wildman–Crippen MR) is 75.3 cm³/mol. The fraction of sp³-hybridized carbons (Fsp3) is 0.400. The maximum absolute atomic E-state index is 12.7. The fourth-order valence-corrected chi connectivity index (χ4v) is 2.78. The van der Waals surface area contributed by atoms with Crippen molar-refractivity contribution in [2.24, 2.45) is 0 Å². The summed E-state index contributed by atoms with van der Waals surface area (Å²) in [6.45, 7) is 0.711. The Kier molecular flexibility index (Phi) is 3.60. The van der Waals surface area contributed by atoms with Crippen LogP contribution in [0.4, 0.5) is 0 Å². The number of amides is 1. The summed E-state index contributed by atoms with van der Waals surface area (Å²) < 4.78 is 0. The van der Waals surface area contributed by atoms with Gasteiger partial charge in [-0.3, -0.25) is 14.8 Å². The van der Waals surface area contributed by atoms with Crippen molar-refractivity contribution in [2.45, 2.75) is 25.3 Å². The molecule has 0 aliphatic carbocycles. The van der Waals surface area contributed by atoms with Crippen LogP contribution in [-0.4, -0.2) is 45.1 Å². The Morgan fingerprint density at radius 2 is 2.15 bits per heavy atom. The van der Waals surface area contributed by atoms with E-state index in [9.17, 15) is 9.90 Å². The van der Waals surface area contributed by atoms with Crippen LogP contribution in [0, 0.1) is 0 Å². The van der Waals surface area contributed by atoms with Crippen molar-refractivity contribution in [3.8, 4) is 0 Å². The highest BCUT2D eigenvalue weighted by atomic mass is 16.3. The molecule has 1 unspecified atom stereocenters. The van der Waals surface area contributed by atoms with Crippen LogP contribution in [0.25, 0.3) is 11.0 Å². The number of nitrogens with zero attached hydrogens (tertiary/aromatic N) is 3. The third-order valence-electron chi connectivity index (χ3n) is 3.83. The molecule has 1 atom stereocenters. The van der Waals surface area contributed by atoms with E-state index in [0.29, 0.717) is 17.6 Å². The summed E-state index contributed by atoms with van der Waals surface area (Å²) in [6, 6.07) is 5.37. The zero-order valence-electron chi connectivity index (χ0n) is 11.2. The van der Waals surface area contributed by atoms with Crippen molar-refractivity contribution in [1.29, 1.82) is 0 Å². The minimum absolute atomic E-state index is 0.0161. The van der Waals surface area contributed by atoms with E-state index in [1.54, 1.807) is 23.4 Å². The number of benzene rings is 1. The molecule has 0 radical (unpaired) electrons. The summed E-state index contributed by atoms with van der Waals surface area (Å²) in [5.41, 5.74) is 1.91. The van der Waals surface area contributed by atoms with E-state index in [0.717, 1.165) is 24.8 Å². The monoisotopic (exact) mass is 271 g/mol. The average Bonchev–Trinajstić information content (AvgIpc) is 2.53. The average molecular weight is 271 g/mol. The van der Waals surface area contributed by atoms with Crippen LogP contribution < -0.4 is 0 Å². The van der Waals surface area contributed by atoms with Crippen molar-refractivity contribution in [2.75, 3.05) is 13.2 Å². The smallest absolute Gasteiger partial charge is 0.256 e. The molecule has 0 saturated carbocycles. The van der Waals surface area contributed by atoms with Gasteiger partial charge in [0.05, 0.1) is 23.7 Å². The molecule has 1 aromatic carbocycles. The van der Waals surface area contributed by atoms with Gasteiger partial charge in [-0.05, 0) is 31.4 Å². The van der Waals surface area contributed by atoms with Gasteiger partial charge >= 0.3 is 0 Å². The topological polar surface area (TPSA) is 66.3 Å². The summed E-state index contributed by atoms with van der Waals surface area (Å²) in [7, 11) is 0. The van der Waals surface area contributed by atoms with Crippen molar-refractivity contribution in [3.05, 3.63) is 36.2 Å². The van der Waals surface area contributed by atoms with Crippen LogP contribution in [0.3, 0.4) is 0 Å². The molecule has 1 aromatic heterocycles. The van der Waals surface area contributed by atoms with Crippen molar-refractivity contribution >= 4 is 16.9 Å². The second-order valence-electron chi connectivity index (χ2n) is 5.06. The maximum atomic E-state index is 12.7. The number of likely N-dealkylation sites (tertiary alicyclic amines) is 1. The number of fused-ring (bicyclic) bond motifs is 1. The van der Waals surface area contributed by atoms with Crippen LogP contribution in [0.5, 0.6) is 0 Å². The van der Waals surface area contributed by atoms with Crippen molar-refractivity contribution in [3.63, 3.8) is 0 Å². The number of carbonyl (C=O) groups excluding carboxylic acids is 1. The first kappa shape index (κ1) is 13.0. The van der Waals surface area contributed by atoms with Gasteiger partial charge in [0.1, 0.15) is 5.52 Å². The molecule has 5 nitrogen and oxygen atoms in total. The van der Waals surface area contributed by atoms with E-state index in [4.69, 9.17) is 0 Å². The van der Waals surface area contributed by atoms with Gasteiger partial charge in [0, 0.05) is 18.9 Å². The zero-order chi connectivity index (χ0) is 13.9. The zero-order valence-corrected chi connectivity index (χ0v) is 11.2. The fourth-order valence-electron chi connectivity index (χ4n) is 2.78. The molecule has 1 aliphatic rings. The lowest BCUT2D eigenvalue weighted by Gasteiger charge is -2.34. The second-order valence-corrected chi connectivity index (χ2v) is 5.06. The van der Waals surface area contributed by atoms with Crippen LogP contribution >= 0.6 is 0 Å². The lowest BCUT2D eigenvalue weighted by molar-refractivity contribution is 0.0505. The summed E-state index contributed by atoms with van der Waals surface area (Å²) in [5.74, 6) is -0.0603. The molecule has 3 rings (SSSR count). The van der Waals surface area contributed by atoms with Gasteiger partial charge < -0.3 is 10.0 Å². The van der Waals surface area contributed by atoms with Gasteiger partial charge in [-0.1, -0.05) is 6.07 Å². The Balaban J connectivity index is 1.99. The molecule has 2 heterocycles. The van der Waals surface area contributed by atoms with Gasteiger partial charge in [-0.15, -0.1) is 0 Å². The number of hydrogen-bond acceptors (Lipinski definition) is 4. The summed E-state index contributed by atoms with van der Waals surface area (Å²) in [5, 5.41) is 9.45. The summed E-state index contributed by atoms with van der Waals surface area (Å²) >= 11 is 0. The molecule has 0 spiro atoms. The lowest BCUT2D eigenvalue weighted by Crippen LogP contribution is -2.45. The molecule has 1 saturated heterocycles. The molecule has 2 aromatic rings. The number of para-hydroxylation sites is 1. The lowest BCUT2D eigenvalue weighted by atomic mass is 10.0. The van der Waals surface area contributed by atoms with E-state index < -0.39 is 0 Å². The predicted octanol–water partition coefficient (Wildman–Crippen LogP) is 1.62. The van der Waals surface area contributed by atoms with Crippen LogP contribution in [0.1, 0.15) is 29.6 Å². The van der Waals surface area contributed by atoms with Crippen LogP contribution in [0.15, 0.2) is 30.6 Å². The molecule has 5 heteroatoms. The maximum Gasteiger partial charge on any atom is 0.256 e. The van der Waals surface area contributed by atoms with Crippen molar-refractivity contribution < 1.29 is 9.90 Å². The SMILES string of the molecule is O=C(c1cccc2nccnc12)N1CCCCC1CO. The summed E-state index contributed by atoms with van der Waals surface area (Å²) in [6.07, 6.45) is 6.12. The van der Waals surface area contributed by atoms with Gasteiger partial charge in [-0.2, -0.15) is 0 Å². The molecule has 1 amide bonds.